The van der Waals surface area contributed by atoms with E-state index < -0.39 is 42.3 Å². The van der Waals surface area contributed by atoms with Crippen LogP contribution in [0, 0.1) is 0 Å². The normalized spacial score (nSPS) is 33.8. The maximum absolute atomic E-state index is 11.3. The predicted molar refractivity (Wildman–Crippen MR) is 62.9 cm³/mol. The van der Waals surface area contributed by atoms with E-state index in [1.165, 1.54) is 7.11 Å². The van der Waals surface area contributed by atoms with Crippen molar-refractivity contribution in [2.75, 3.05) is 13.7 Å². The lowest BCUT2D eigenvalue weighted by Gasteiger charge is -2.33. The van der Waals surface area contributed by atoms with Crippen molar-refractivity contribution in [1.82, 2.24) is 0 Å². The van der Waals surface area contributed by atoms with E-state index >= 15 is 0 Å². The van der Waals surface area contributed by atoms with Crippen molar-refractivity contribution in [2.24, 2.45) is 0 Å². The molecule has 1 fully saturated rings. The molecular weight excluding hydrogens is 369 g/mol. The van der Waals surface area contributed by atoms with Crippen molar-refractivity contribution in [3.8, 4) is 0 Å². The van der Waals surface area contributed by atoms with Crippen molar-refractivity contribution >= 4 is 23.5 Å². The zero-order valence-corrected chi connectivity index (χ0v) is 14.1. The number of phosphoric acid groups is 3. The molecule has 6 atom stereocenters. The highest BCUT2D eigenvalue weighted by Crippen LogP contribution is 2.61. The molecule has 0 aromatic carbocycles. The van der Waals surface area contributed by atoms with E-state index in [4.69, 9.17) is 14.4 Å². The quantitative estimate of drug-likeness (QED) is 0.485. The summed E-state index contributed by atoms with van der Waals surface area (Å²) in [7, 11) is -15.7. The van der Waals surface area contributed by atoms with Crippen LogP contribution in [0.4, 0.5) is 0 Å². The number of rotatable bonds is 8. The highest BCUT2D eigenvalue weighted by molar-refractivity contribution is 7.65. The Kier molecular flexibility index (Phi) is 6.93. The van der Waals surface area contributed by atoms with Crippen molar-refractivity contribution in [3.63, 3.8) is 0 Å². The van der Waals surface area contributed by atoms with Crippen molar-refractivity contribution in [2.45, 2.75) is 31.7 Å². The maximum atomic E-state index is 11.3. The van der Waals surface area contributed by atoms with E-state index in [2.05, 4.69) is 13.1 Å². The third-order valence-corrected chi connectivity index (χ3v) is 6.18. The van der Waals surface area contributed by atoms with E-state index in [9.17, 15) is 28.4 Å². The minimum absolute atomic E-state index is 0.222. The van der Waals surface area contributed by atoms with Gasteiger partial charge in [-0.1, -0.05) is 0 Å². The Labute approximate surface area is 125 Å². The number of phosphoric ester groups is 1. The summed E-state index contributed by atoms with van der Waals surface area (Å²) in [5.74, 6) is 0. The summed E-state index contributed by atoms with van der Waals surface area (Å²) >= 11 is 0. The van der Waals surface area contributed by atoms with Crippen LogP contribution in [-0.4, -0.2) is 36.9 Å². The third-order valence-electron chi connectivity index (χ3n) is 2.49. The van der Waals surface area contributed by atoms with E-state index in [1.807, 2.05) is 0 Å². The Morgan fingerprint density at radius 3 is 2.27 bits per heavy atom. The molecule has 0 aliphatic carbocycles. The monoisotopic (exact) mass is 383 g/mol. The molecule has 132 valence electrons. The first-order chi connectivity index (χ1) is 9.84. The average Bonchev–Trinajstić information content (AvgIpc) is 2.62. The van der Waals surface area contributed by atoms with Crippen LogP contribution in [0.1, 0.15) is 13.3 Å². The molecule has 0 radical (unpaired) electrons. The molecule has 1 aliphatic rings. The van der Waals surface area contributed by atoms with Gasteiger partial charge >= 0.3 is 0 Å². The van der Waals surface area contributed by atoms with Crippen LogP contribution in [0.15, 0.2) is 0 Å². The molecule has 22 heavy (non-hydrogen) atoms. The first-order valence-corrected chi connectivity index (χ1v) is 10.2. The predicted octanol–water partition coefficient (Wildman–Crippen LogP) is -1.37. The van der Waals surface area contributed by atoms with Crippen LogP contribution < -0.4 is 14.7 Å². The van der Waals surface area contributed by atoms with Gasteiger partial charge in [-0.2, -0.15) is 0 Å². The van der Waals surface area contributed by atoms with E-state index in [1.54, 1.807) is 6.92 Å². The lowest BCUT2D eigenvalue weighted by atomic mass is 10.1. The Balaban J connectivity index is 2.59. The summed E-state index contributed by atoms with van der Waals surface area (Å²) in [5.41, 5.74) is 0. The summed E-state index contributed by atoms with van der Waals surface area (Å²) in [5, 5.41) is 0. The standard InChI is InChI=1S/C7H17O12P3/c1-5-3-6(15-2)7(17-5)4-16-21(11,12)19-22(13,14)18-20(8,9)10/h5-7H,3-4H2,1-2H3,(H,11,12)(H,13,14)(H2,8,9,10)/p-3. The SMILES string of the molecule is COC1CC(C)OC1COP(=O)([O-])OP(=O)([O-])OP(=O)([O-])O. The molecule has 1 saturated heterocycles. The largest absolute Gasteiger partial charge is 0.756 e. The molecule has 1 heterocycles. The smallest absolute Gasteiger partial charge is 0.280 e. The summed E-state index contributed by atoms with van der Waals surface area (Å²) in [6, 6.07) is 0. The topological polar surface area (TPSA) is 187 Å². The second-order valence-electron chi connectivity index (χ2n) is 4.32. The first kappa shape index (κ1) is 20.4. The van der Waals surface area contributed by atoms with E-state index in [0.717, 1.165) is 0 Å². The first-order valence-electron chi connectivity index (χ1n) is 5.75. The van der Waals surface area contributed by atoms with Gasteiger partial charge in [-0.15, -0.1) is 0 Å². The third kappa shape index (κ3) is 7.27. The van der Waals surface area contributed by atoms with E-state index in [0.29, 0.717) is 6.42 Å². The van der Waals surface area contributed by atoms with Gasteiger partial charge in [-0.05, 0) is 6.92 Å². The Morgan fingerprint density at radius 2 is 1.77 bits per heavy atom. The van der Waals surface area contributed by atoms with Gasteiger partial charge in [0.15, 0.2) is 0 Å². The van der Waals surface area contributed by atoms with Gasteiger partial charge in [-0.25, -0.2) is 8.62 Å². The molecule has 0 aromatic rings. The molecule has 0 saturated carbocycles. The lowest BCUT2D eigenvalue weighted by molar-refractivity contribution is -0.250. The van der Waals surface area contributed by atoms with Gasteiger partial charge in [0, 0.05) is 13.5 Å². The summed E-state index contributed by atoms with van der Waals surface area (Å²) in [6.45, 7) is 1.10. The molecule has 1 N–H and O–H groups in total. The molecule has 15 heteroatoms. The Morgan fingerprint density at radius 1 is 1.18 bits per heavy atom. The molecule has 0 amide bonds. The second-order valence-corrected chi connectivity index (χ2v) is 8.61. The zero-order chi connectivity index (χ0) is 17.2. The fourth-order valence-corrected chi connectivity index (χ4v) is 4.66. The molecule has 1 rings (SSSR count). The molecule has 0 aromatic heterocycles. The molecule has 0 bridgehead atoms. The summed E-state index contributed by atoms with van der Waals surface area (Å²) in [4.78, 5) is 40.8. The van der Waals surface area contributed by atoms with Crippen LogP contribution in [-0.2, 0) is 36.3 Å². The fourth-order valence-electron chi connectivity index (χ4n) is 1.77. The van der Waals surface area contributed by atoms with Crippen LogP contribution in [0.3, 0.4) is 0 Å². The van der Waals surface area contributed by atoms with Crippen LogP contribution in [0.5, 0.6) is 0 Å². The number of methoxy groups -OCH3 is 1. The molecule has 1 aliphatic heterocycles. The summed E-state index contributed by atoms with van der Waals surface area (Å²) in [6.07, 6.45) is -1.01. The zero-order valence-electron chi connectivity index (χ0n) is 11.4. The van der Waals surface area contributed by atoms with Crippen molar-refractivity contribution < 1.29 is 55.9 Å². The second kappa shape index (κ2) is 7.48. The van der Waals surface area contributed by atoms with Gasteiger partial charge in [-0.3, -0.25) is 13.7 Å². The van der Waals surface area contributed by atoms with Crippen LogP contribution in [0.25, 0.3) is 0 Å². The van der Waals surface area contributed by atoms with Crippen molar-refractivity contribution in [3.05, 3.63) is 0 Å². The molecule has 6 unspecified atom stereocenters. The van der Waals surface area contributed by atoms with Crippen molar-refractivity contribution in [1.29, 1.82) is 0 Å². The molecule has 12 nitrogen and oxygen atoms in total. The number of ether oxygens (including phenoxy) is 2. The summed E-state index contributed by atoms with van der Waals surface area (Å²) < 4.78 is 53.8. The minimum Gasteiger partial charge on any atom is -0.756 e. The Bertz CT molecular complexity index is 515. The fraction of sp³-hybridized carbons (Fsp3) is 1.00. The van der Waals surface area contributed by atoms with Gasteiger partial charge in [0.25, 0.3) is 23.5 Å². The lowest BCUT2D eigenvalue weighted by Crippen LogP contribution is -2.29. The number of hydrogen-bond donors (Lipinski definition) is 1. The molecular formula is C7H14O12P3-3. The average molecular weight is 383 g/mol. The minimum atomic E-state index is -5.88. The van der Waals surface area contributed by atoms with E-state index in [-0.39, 0.29) is 6.10 Å². The molecule has 0 spiro atoms. The van der Waals surface area contributed by atoms with Gasteiger partial charge in [0.1, 0.15) is 6.10 Å². The van der Waals surface area contributed by atoms with Crippen LogP contribution in [0.2, 0.25) is 0 Å². The van der Waals surface area contributed by atoms with Gasteiger partial charge in [0.05, 0.1) is 18.8 Å². The highest BCUT2D eigenvalue weighted by Gasteiger charge is 2.34. The Hall–Kier alpha value is 0.330. The highest BCUT2D eigenvalue weighted by atomic mass is 31.3. The maximum Gasteiger partial charge on any atom is 0.280 e. The van der Waals surface area contributed by atoms with Gasteiger partial charge in [0.2, 0.25) is 0 Å². The van der Waals surface area contributed by atoms with Crippen LogP contribution >= 0.6 is 23.5 Å². The van der Waals surface area contributed by atoms with Gasteiger partial charge < -0.3 is 33.6 Å². The number of hydrogen-bond acceptors (Lipinski definition) is 11.